The molecule has 2 N–H and O–H groups in total. The second kappa shape index (κ2) is 5.84. The maximum absolute atomic E-state index is 12.5. The molecular weight excluding hydrogens is 250 g/mol. The van der Waals surface area contributed by atoms with E-state index in [1.165, 1.54) is 0 Å². The van der Waals surface area contributed by atoms with Gasteiger partial charge in [0.05, 0.1) is 5.69 Å². The van der Waals surface area contributed by atoms with Crippen LogP contribution in [0.1, 0.15) is 27.2 Å². The number of carbonyl (C=O) groups excluding carboxylic acids is 1. The monoisotopic (exact) mass is 269 g/mol. The third-order valence-electron chi connectivity index (χ3n) is 3.17. The molecule has 2 rings (SSSR count). The topological polar surface area (TPSA) is 59.2 Å². The summed E-state index contributed by atoms with van der Waals surface area (Å²) in [7, 11) is 1.78. The van der Waals surface area contributed by atoms with Gasteiger partial charge in [-0.1, -0.05) is 6.07 Å². The van der Waals surface area contributed by atoms with Gasteiger partial charge in [0.1, 0.15) is 0 Å². The van der Waals surface area contributed by atoms with Crippen LogP contribution >= 0.6 is 0 Å². The predicted molar refractivity (Wildman–Crippen MR) is 80.8 cm³/mol. The molecule has 0 atom stereocenters. The number of carbonyl (C=O) groups is 1. The number of benzene rings is 1. The normalized spacial score (nSPS) is 10.4. The molecule has 1 heterocycles. The summed E-state index contributed by atoms with van der Waals surface area (Å²) in [5.41, 5.74) is 10.0. The molecule has 1 amide bonds. The highest BCUT2D eigenvalue weighted by atomic mass is 16.2. The van der Waals surface area contributed by atoms with Crippen molar-refractivity contribution in [2.24, 2.45) is 5.73 Å². The van der Waals surface area contributed by atoms with Crippen molar-refractivity contribution in [3.8, 4) is 0 Å². The fraction of sp³-hybridized carbons (Fsp3) is 0.250. The van der Waals surface area contributed by atoms with Crippen molar-refractivity contribution in [2.45, 2.75) is 20.4 Å². The first kappa shape index (κ1) is 14.2. The molecule has 0 radical (unpaired) electrons. The van der Waals surface area contributed by atoms with Crippen molar-refractivity contribution in [3.05, 3.63) is 58.9 Å². The Hall–Kier alpha value is -2.20. The number of aromatic nitrogens is 1. The van der Waals surface area contributed by atoms with Crippen LogP contribution in [-0.4, -0.2) is 17.9 Å². The van der Waals surface area contributed by atoms with Crippen molar-refractivity contribution >= 4 is 11.6 Å². The van der Waals surface area contributed by atoms with Crippen molar-refractivity contribution in [2.75, 3.05) is 11.9 Å². The summed E-state index contributed by atoms with van der Waals surface area (Å²) < 4.78 is 0. The zero-order valence-corrected chi connectivity index (χ0v) is 12.1. The molecule has 2 aromatic rings. The van der Waals surface area contributed by atoms with Crippen molar-refractivity contribution in [3.63, 3.8) is 0 Å². The molecular formula is C16H19N3O. The van der Waals surface area contributed by atoms with Gasteiger partial charge in [-0.25, -0.2) is 0 Å². The molecule has 0 saturated carbocycles. The summed E-state index contributed by atoms with van der Waals surface area (Å²) in [5, 5.41) is 0. The van der Waals surface area contributed by atoms with E-state index in [2.05, 4.69) is 11.1 Å². The first-order chi connectivity index (χ1) is 9.51. The number of aryl methyl sites for hydroxylation is 2. The van der Waals surface area contributed by atoms with E-state index in [0.29, 0.717) is 17.8 Å². The van der Waals surface area contributed by atoms with Gasteiger partial charge in [0.2, 0.25) is 0 Å². The summed E-state index contributed by atoms with van der Waals surface area (Å²) in [6.07, 6.45) is 1.62. The zero-order valence-electron chi connectivity index (χ0n) is 12.1. The van der Waals surface area contributed by atoms with Gasteiger partial charge in [-0.05, 0) is 49.2 Å². The van der Waals surface area contributed by atoms with Gasteiger partial charge in [-0.3, -0.25) is 9.78 Å². The Morgan fingerprint density at radius 2 is 1.85 bits per heavy atom. The Labute approximate surface area is 119 Å². The van der Waals surface area contributed by atoms with Crippen LogP contribution in [-0.2, 0) is 6.54 Å². The van der Waals surface area contributed by atoms with Crippen LogP contribution in [0.15, 0.2) is 36.5 Å². The smallest absolute Gasteiger partial charge is 0.258 e. The highest BCUT2D eigenvalue weighted by molar-refractivity contribution is 6.05. The molecule has 0 unspecified atom stereocenters. The standard InChI is InChI=1S/C16H19N3O/c1-11-6-12(2)8-15(7-11)19(3)16(20)13-4-5-18-14(9-13)10-17/h4-9H,10,17H2,1-3H3. The van der Waals surface area contributed by atoms with Crippen molar-refractivity contribution in [1.29, 1.82) is 0 Å². The number of nitrogens with two attached hydrogens (primary N) is 1. The number of rotatable bonds is 3. The Balaban J connectivity index is 2.31. The number of pyridine rings is 1. The molecule has 0 aliphatic heterocycles. The summed E-state index contributed by atoms with van der Waals surface area (Å²) in [5.74, 6) is -0.0629. The second-order valence-corrected chi connectivity index (χ2v) is 4.95. The van der Waals surface area contributed by atoms with Crippen LogP contribution in [0.25, 0.3) is 0 Å². The number of amides is 1. The molecule has 0 bridgehead atoms. The molecule has 0 aliphatic rings. The SMILES string of the molecule is Cc1cc(C)cc(N(C)C(=O)c2ccnc(CN)c2)c1. The molecule has 20 heavy (non-hydrogen) atoms. The van der Waals surface area contributed by atoms with Gasteiger partial charge in [-0.2, -0.15) is 0 Å². The number of nitrogens with zero attached hydrogens (tertiary/aromatic N) is 2. The van der Waals surface area contributed by atoms with E-state index in [9.17, 15) is 4.79 Å². The first-order valence-electron chi connectivity index (χ1n) is 6.52. The van der Waals surface area contributed by atoms with Crippen LogP contribution in [0.2, 0.25) is 0 Å². The zero-order chi connectivity index (χ0) is 14.7. The molecule has 0 saturated heterocycles. The minimum absolute atomic E-state index is 0.0629. The minimum atomic E-state index is -0.0629. The van der Waals surface area contributed by atoms with E-state index in [-0.39, 0.29) is 5.91 Å². The molecule has 4 nitrogen and oxygen atoms in total. The van der Waals surface area contributed by atoms with Crippen LogP contribution in [0.5, 0.6) is 0 Å². The Morgan fingerprint density at radius 3 is 2.45 bits per heavy atom. The lowest BCUT2D eigenvalue weighted by Gasteiger charge is -2.19. The number of hydrogen-bond acceptors (Lipinski definition) is 3. The fourth-order valence-electron chi connectivity index (χ4n) is 2.18. The minimum Gasteiger partial charge on any atom is -0.325 e. The van der Waals surface area contributed by atoms with Crippen LogP contribution in [0, 0.1) is 13.8 Å². The Morgan fingerprint density at radius 1 is 1.20 bits per heavy atom. The molecule has 0 aliphatic carbocycles. The lowest BCUT2D eigenvalue weighted by atomic mass is 10.1. The van der Waals surface area contributed by atoms with Crippen molar-refractivity contribution < 1.29 is 4.79 Å². The van der Waals surface area contributed by atoms with Crippen LogP contribution in [0.4, 0.5) is 5.69 Å². The molecule has 104 valence electrons. The Bertz CT molecular complexity index is 617. The lowest BCUT2D eigenvalue weighted by Crippen LogP contribution is -2.26. The average Bonchev–Trinajstić information content (AvgIpc) is 2.44. The number of anilines is 1. The van der Waals surface area contributed by atoms with Crippen LogP contribution in [0.3, 0.4) is 0 Å². The summed E-state index contributed by atoms with van der Waals surface area (Å²) in [6, 6.07) is 9.52. The van der Waals surface area contributed by atoms with Crippen LogP contribution < -0.4 is 10.6 Å². The van der Waals surface area contributed by atoms with E-state index < -0.39 is 0 Å². The highest BCUT2D eigenvalue weighted by Gasteiger charge is 2.14. The third kappa shape index (κ3) is 3.03. The van der Waals surface area contributed by atoms with Gasteiger partial charge >= 0.3 is 0 Å². The summed E-state index contributed by atoms with van der Waals surface area (Å²) in [6.45, 7) is 4.37. The molecule has 4 heteroatoms. The lowest BCUT2D eigenvalue weighted by molar-refractivity contribution is 0.0993. The van der Waals surface area contributed by atoms with Gasteiger partial charge < -0.3 is 10.6 Å². The molecule has 1 aromatic carbocycles. The van der Waals surface area contributed by atoms with Gasteiger partial charge in [0, 0.05) is 31.0 Å². The predicted octanol–water partition coefficient (Wildman–Crippen LogP) is 2.43. The summed E-state index contributed by atoms with van der Waals surface area (Å²) >= 11 is 0. The van der Waals surface area contributed by atoms with E-state index in [1.807, 2.05) is 26.0 Å². The van der Waals surface area contributed by atoms with Gasteiger partial charge in [0.15, 0.2) is 0 Å². The molecule has 0 fully saturated rings. The Kier molecular flexibility index (Phi) is 4.15. The quantitative estimate of drug-likeness (QED) is 0.931. The first-order valence-corrected chi connectivity index (χ1v) is 6.52. The van der Waals surface area contributed by atoms with E-state index >= 15 is 0 Å². The second-order valence-electron chi connectivity index (χ2n) is 4.95. The average molecular weight is 269 g/mol. The van der Waals surface area contributed by atoms with Crippen molar-refractivity contribution in [1.82, 2.24) is 4.98 Å². The highest BCUT2D eigenvalue weighted by Crippen LogP contribution is 2.19. The van der Waals surface area contributed by atoms with E-state index in [4.69, 9.17) is 5.73 Å². The maximum Gasteiger partial charge on any atom is 0.258 e. The largest absolute Gasteiger partial charge is 0.325 e. The van der Waals surface area contributed by atoms with Gasteiger partial charge in [-0.15, -0.1) is 0 Å². The molecule has 1 aromatic heterocycles. The van der Waals surface area contributed by atoms with E-state index in [1.54, 1.807) is 30.3 Å². The van der Waals surface area contributed by atoms with E-state index in [0.717, 1.165) is 16.8 Å². The maximum atomic E-state index is 12.5. The molecule has 0 spiro atoms. The number of hydrogen-bond donors (Lipinski definition) is 1. The fourth-order valence-corrected chi connectivity index (χ4v) is 2.18. The third-order valence-corrected chi connectivity index (χ3v) is 3.17. The van der Waals surface area contributed by atoms with Gasteiger partial charge in [0.25, 0.3) is 5.91 Å². The summed E-state index contributed by atoms with van der Waals surface area (Å²) in [4.78, 5) is 18.2.